The van der Waals surface area contributed by atoms with Gasteiger partial charge in [0.15, 0.2) is 0 Å². The van der Waals surface area contributed by atoms with Crippen LogP contribution in [0.4, 0.5) is 5.69 Å². The number of carbonyl (C=O) groups excluding carboxylic acids is 1. The van der Waals surface area contributed by atoms with Crippen molar-refractivity contribution < 1.29 is 9.53 Å². The molecule has 1 amide bonds. The van der Waals surface area contributed by atoms with Gasteiger partial charge in [0.1, 0.15) is 0 Å². The van der Waals surface area contributed by atoms with Crippen LogP contribution < -0.4 is 11.1 Å². The van der Waals surface area contributed by atoms with Crippen LogP contribution in [0, 0.1) is 0 Å². The van der Waals surface area contributed by atoms with Crippen LogP contribution in [0.5, 0.6) is 0 Å². The molecule has 21 heavy (non-hydrogen) atoms. The third-order valence-corrected chi connectivity index (χ3v) is 3.32. The molecule has 0 heterocycles. The highest BCUT2D eigenvalue weighted by atomic mass is 35.5. The Morgan fingerprint density at radius 1 is 1.24 bits per heavy atom. The Kier molecular flexibility index (Phi) is 5.20. The molecule has 0 radical (unpaired) electrons. The first-order chi connectivity index (χ1) is 10.1. The molecule has 4 nitrogen and oxygen atoms in total. The molecule has 3 N–H and O–H groups in total. The van der Waals surface area contributed by atoms with Crippen molar-refractivity contribution in [2.24, 2.45) is 0 Å². The van der Waals surface area contributed by atoms with E-state index in [-0.39, 0.29) is 5.91 Å². The van der Waals surface area contributed by atoms with Gasteiger partial charge < -0.3 is 15.8 Å². The van der Waals surface area contributed by atoms with Gasteiger partial charge in [0.2, 0.25) is 0 Å². The topological polar surface area (TPSA) is 64.3 Å². The fraction of sp³-hybridized carbons (Fsp3) is 0.188. The Bertz CT molecular complexity index is 644. The monoisotopic (exact) mass is 304 g/mol. The minimum Gasteiger partial charge on any atom is -0.399 e. The number of nitrogens with two attached hydrogens (primary N) is 1. The van der Waals surface area contributed by atoms with Gasteiger partial charge in [0.05, 0.1) is 17.2 Å². The number of rotatable bonds is 5. The number of carbonyl (C=O) groups is 1. The molecule has 0 fully saturated rings. The second-order valence-electron chi connectivity index (χ2n) is 4.67. The summed E-state index contributed by atoms with van der Waals surface area (Å²) in [6.45, 7) is 0.963. The number of methoxy groups -OCH3 is 1. The van der Waals surface area contributed by atoms with Crippen LogP contribution in [-0.4, -0.2) is 13.0 Å². The van der Waals surface area contributed by atoms with Crippen molar-refractivity contribution in [2.75, 3.05) is 12.8 Å². The maximum Gasteiger partial charge on any atom is 0.253 e. The lowest BCUT2D eigenvalue weighted by Gasteiger charge is -2.09. The summed E-state index contributed by atoms with van der Waals surface area (Å²) in [7, 11) is 1.65. The summed E-state index contributed by atoms with van der Waals surface area (Å²) in [6, 6.07) is 12.7. The second-order valence-corrected chi connectivity index (χ2v) is 5.08. The van der Waals surface area contributed by atoms with Gasteiger partial charge in [-0.05, 0) is 29.3 Å². The van der Waals surface area contributed by atoms with Gasteiger partial charge in [-0.2, -0.15) is 0 Å². The SMILES string of the molecule is COCc1cccc(CNC(=O)c2cc(N)ccc2Cl)c1. The average molecular weight is 305 g/mol. The quantitative estimate of drug-likeness (QED) is 0.835. The number of nitrogens with one attached hydrogen (secondary N) is 1. The third-order valence-electron chi connectivity index (χ3n) is 2.99. The van der Waals surface area contributed by atoms with Crippen LogP contribution in [0.1, 0.15) is 21.5 Å². The van der Waals surface area contributed by atoms with Crippen LogP contribution >= 0.6 is 11.6 Å². The van der Waals surface area contributed by atoms with E-state index in [1.165, 1.54) is 0 Å². The first kappa shape index (κ1) is 15.4. The van der Waals surface area contributed by atoms with Crippen LogP contribution in [0.25, 0.3) is 0 Å². The fourth-order valence-electron chi connectivity index (χ4n) is 1.99. The highest BCUT2D eigenvalue weighted by molar-refractivity contribution is 6.34. The summed E-state index contributed by atoms with van der Waals surface area (Å²) in [6.07, 6.45) is 0. The number of benzene rings is 2. The molecule has 2 rings (SSSR count). The van der Waals surface area contributed by atoms with E-state index in [2.05, 4.69) is 5.32 Å². The molecule has 0 aromatic heterocycles. The van der Waals surface area contributed by atoms with Crippen molar-refractivity contribution in [1.29, 1.82) is 0 Å². The fourth-order valence-corrected chi connectivity index (χ4v) is 2.19. The minimum absolute atomic E-state index is 0.246. The largest absolute Gasteiger partial charge is 0.399 e. The van der Waals surface area contributed by atoms with Gasteiger partial charge in [-0.25, -0.2) is 0 Å². The average Bonchev–Trinajstić information content (AvgIpc) is 2.48. The molecule has 0 unspecified atom stereocenters. The van der Waals surface area contributed by atoms with Gasteiger partial charge in [-0.15, -0.1) is 0 Å². The van der Waals surface area contributed by atoms with E-state index >= 15 is 0 Å². The summed E-state index contributed by atoms with van der Waals surface area (Å²) in [5.41, 5.74) is 8.62. The standard InChI is InChI=1S/C16H17ClN2O2/c1-21-10-12-4-2-3-11(7-12)9-19-16(20)14-8-13(18)5-6-15(14)17/h2-8H,9-10,18H2,1H3,(H,19,20). The van der Waals surface area contributed by atoms with Crippen LogP contribution in [0.3, 0.4) is 0 Å². The van der Waals surface area contributed by atoms with E-state index < -0.39 is 0 Å². The molecule has 0 saturated carbocycles. The molecule has 2 aromatic rings. The van der Waals surface area contributed by atoms with Gasteiger partial charge in [-0.3, -0.25) is 4.79 Å². The first-order valence-corrected chi connectivity index (χ1v) is 6.88. The lowest BCUT2D eigenvalue weighted by atomic mass is 10.1. The van der Waals surface area contributed by atoms with E-state index in [1.54, 1.807) is 25.3 Å². The molecular formula is C16H17ClN2O2. The Morgan fingerprint density at radius 3 is 2.76 bits per heavy atom. The summed E-state index contributed by atoms with van der Waals surface area (Å²) in [5.74, 6) is -0.246. The zero-order valence-corrected chi connectivity index (χ0v) is 12.5. The van der Waals surface area contributed by atoms with Crippen LogP contribution in [0.2, 0.25) is 5.02 Å². The molecule has 2 aromatic carbocycles. The van der Waals surface area contributed by atoms with E-state index in [0.717, 1.165) is 11.1 Å². The number of anilines is 1. The molecule has 110 valence electrons. The number of ether oxygens (including phenoxy) is 1. The Balaban J connectivity index is 2.04. The highest BCUT2D eigenvalue weighted by Crippen LogP contribution is 2.18. The van der Waals surface area contributed by atoms with Gasteiger partial charge in [-0.1, -0.05) is 35.9 Å². The molecular weight excluding hydrogens is 288 g/mol. The van der Waals surface area contributed by atoms with Crippen molar-refractivity contribution in [3.05, 3.63) is 64.2 Å². The molecule has 0 bridgehead atoms. The maximum atomic E-state index is 12.1. The molecule has 0 spiro atoms. The normalized spacial score (nSPS) is 10.4. The van der Waals surface area contributed by atoms with E-state index in [4.69, 9.17) is 22.1 Å². The van der Waals surface area contributed by atoms with Gasteiger partial charge in [0, 0.05) is 19.3 Å². The highest BCUT2D eigenvalue weighted by Gasteiger charge is 2.10. The number of amides is 1. The van der Waals surface area contributed by atoms with E-state index in [1.807, 2.05) is 24.3 Å². The summed E-state index contributed by atoms with van der Waals surface area (Å²) < 4.78 is 5.09. The molecule has 0 aliphatic rings. The lowest BCUT2D eigenvalue weighted by Crippen LogP contribution is -2.23. The van der Waals surface area contributed by atoms with Crippen LogP contribution in [0.15, 0.2) is 42.5 Å². The zero-order chi connectivity index (χ0) is 15.2. The number of nitrogen functional groups attached to an aromatic ring is 1. The number of hydrogen-bond donors (Lipinski definition) is 2. The lowest BCUT2D eigenvalue weighted by molar-refractivity contribution is 0.0951. The molecule has 0 saturated heterocycles. The van der Waals surface area contributed by atoms with Crippen molar-refractivity contribution in [3.63, 3.8) is 0 Å². The minimum atomic E-state index is -0.246. The summed E-state index contributed by atoms with van der Waals surface area (Å²) in [4.78, 5) is 12.1. The Hall–Kier alpha value is -2.04. The number of hydrogen-bond acceptors (Lipinski definition) is 3. The first-order valence-electron chi connectivity index (χ1n) is 6.50. The smallest absolute Gasteiger partial charge is 0.253 e. The second kappa shape index (κ2) is 7.11. The predicted molar refractivity (Wildman–Crippen MR) is 84.2 cm³/mol. The van der Waals surface area contributed by atoms with Crippen molar-refractivity contribution >= 4 is 23.2 Å². The van der Waals surface area contributed by atoms with Crippen LogP contribution in [-0.2, 0) is 17.9 Å². The van der Waals surface area contributed by atoms with Crippen molar-refractivity contribution in [2.45, 2.75) is 13.2 Å². The Morgan fingerprint density at radius 2 is 2.00 bits per heavy atom. The summed E-state index contributed by atoms with van der Waals surface area (Å²) >= 11 is 6.01. The Labute approximate surface area is 128 Å². The number of halogens is 1. The molecule has 0 aliphatic carbocycles. The third kappa shape index (κ3) is 4.21. The van der Waals surface area contributed by atoms with Gasteiger partial charge in [0.25, 0.3) is 5.91 Å². The van der Waals surface area contributed by atoms with Gasteiger partial charge >= 0.3 is 0 Å². The van der Waals surface area contributed by atoms with Crippen molar-refractivity contribution in [3.8, 4) is 0 Å². The van der Waals surface area contributed by atoms with E-state index in [0.29, 0.717) is 29.4 Å². The molecule has 5 heteroatoms. The zero-order valence-electron chi connectivity index (χ0n) is 11.7. The predicted octanol–water partition coefficient (Wildman–Crippen LogP) is 3.00. The maximum absolute atomic E-state index is 12.1. The van der Waals surface area contributed by atoms with Crippen molar-refractivity contribution in [1.82, 2.24) is 5.32 Å². The molecule has 0 aliphatic heterocycles. The summed E-state index contributed by atoms with van der Waals surface area (Å²) in [5, 5.41) is 3.22. The van der Waals surface area contributed by atoms with E-state index in [9.17, 15) is 4.79 Å². The molecule has 0 atom stereocenters.